The predicted molar refractivity (Wildman–Crippen MR) is 98.0 cm³/mol. The molecule has 0 saturated heterocycles. The molecule has 3 N–H and O–H groups in total. The molecule has 0 unspecified atom stereocenters. The van der Waals surface area contributed by atoms with Crippen LogP contribution in [0.4, 0.5) is 0 Å². The number of rotatable bonds is 3. The number of carbonyl (C=O) groups is 1. The van der Waals surface area contributed by atoms with Gasteiger partial charge in [0.1, 0.15) is 0 Å². The molecule has 0 spiro atoms. The smallest absolute Gasteiger partial charge is 0.262 e. The van der Waals surface area contributed by atoms with Crippen molar-refractivity contribution in [1.29, 1.82) is 0 Å². The lowest BCUT2D eigenvalue weighted by molar-refractivity contribution is -0.117. The Labute approximate surface area is 143 Å². The normalized spacial score (nSPS) is 14.8. The molecular formula is C17H26N4OS. The number of amides is 1. The lowest BCUT2D eigenvalue weighted by Crippen LogP contribution is -2.51. The first-order valence-electron chi connectivity index (χ1n) is 7.92. The van der Waals surface area contributed by atoms with Crippen molar-refractivity contribution in [2.75, 3.05) is 0 Å². The van der Waals surface area contributed by atoms with E-state index in [0.717, 1.165) is 5.56 Å². The fraction of sp³-hybridized carbons (Fsp3) is 0.529. The highest BCUT2D eigenvalue weighted by molar-refractivity contribution is 7.80. The third-order valence-electron chi connectivity index (χ3n) is 3.64. The Morgan fingerprint density at radius 3 is 2.52 bits per heavy atom. The Balaban J connectivity index is 1.89. The predicted octanol–water partition coefficient (Wildman–Crippen LogP) is 2.75. The Morgan fingerprint density at radius 2 is 1.96 bits per heavy atom. The summed E-state index contributed by atoms with van der Waals surface area (Å²) >= 11 is 5.11. The molecule has 23 heavy (non-hydrogen) atoms. The van der Waals surface area contributed by atoms with Gasteiger partial charge in [-0.2, -0.15) is 0 Å². The number of thiocarbonyl (C=S) groups is 1. The number of nitrogens with zero attached hydrogens (tertiary/aromatic N) is 1. The van der Waals surface area contributed by atoms with Crippen LogP contribution in [0.1, 0.15) is 56.6 Å². The third-order valence-corrected chi connectivity index (χ3v) is 3.84. The SMILES string of the molecule is Cc1cc(/C=C/C(=O)NNC(=S)NC(C)(C)C)c(C)n1C1CC1. The molecular weight excluding hydrogens is 308 g/mol. The largest absolute Gasteiger partial charge is 0.357 e. The minimum Gasteiger partial charge on any atom is -0.357 e. The zero-order chi connectivity index (χ0) is 17.2. The molecule has 0 radical (unpaired) electrons. The van der Waals surface area contributed by atoms with Crippen molar-refractivity contribution in [1.82, 2.24) is 20.7 Å². The average Bonchev–Trinajstić information content (AvgIpc) is 3.19. The highest BCUT2D eigenvalue weighted by Crippen LogP contribution is 2.38. The first-order chi connectivity index (χ1) is 10.7. The molecule has 1 saturated carbocycles. The van der Waals surface area contributed by atoms with E-state index in [-0.39, 0.29) is 11.4 Å². The standard InChI is InChI=1S/C17H26N4OS/c1-11-10-13(12(2)21(11)14-7-8-14)6-9-15(22)19-20-16(23)18-17(3,4)5/h6,9-10,14H,7-8H2,1-5H3,(H,19,22)(H2,18,20,23)/b9-6+. The minimum absolute atomic E-state index is 0.148. The molecule has 1 amide bonds. The van der Waals surface area contributed by atoms with E-state index in [0.29, 0.717) is 11.2 Å². The molecule has 0 bridgehead atoms. The maximum Gasteiger partial charge on any atom is 0.262 e. The van der Waals surface area contributed by atoms with Crippen molar-refractivity contribution in [2.45, 2.75) is 59.0 Å². The maximum absolute atomic E-state index is 11.9. The zero-order valence-electron chi connectivity index (χ0n) is 14.5. The third kappa shape index (κ3) is 5.10. The zero-order valence-corrected chi connectivity index (χ0v) is 15.3. The van der Waals surface area contributed by atoms with Crippen LogP contribution >= 0.6 is 12.2 Å². The quantitative estimate of drug-likeness (QED) is 0.452. The monoisotopic (exact) mass is 334 g/mol. The second kappa shape index (κ2) is 6.74. The van der Waals surface area contributed by atoms with Crippen LogP contribution in [0.15, 0.2) is 12.1 Å². The van der Waals surface area contributed by atoms with Crippen LogP contribution in [0.2, 0.25) is 0 Å². The Morgan fingerprint density at radius 1 is 1.30 bits per heavy atom. The van der Waals surface area contributed by atoms with Gasteiger partial charge in [0.05, 0.1) is 0 Å². The summed E-state index contributed by atoms with van der Waals surface area (Å²) in [5.74, 6) is -0.237. The van der Waals surface area contributed by atoms with Crippen LogP contribution in [-0.4, -0.2) is 21.1 Å². The van der Waals surface area contributed by atoms with E-state index in [9.17, 15) is 4.79 Å². The van der Waals surface area contributed by atoms with Gasteiger partial charge in [-0.05, 0) is 77.4 Å². The molecule has 1 heterocycles. The van der Waals surface area contributed by atoms with Crippen molar-refractivity contribution >= 4 is 29.3 Å². The molecule has 6 heteroatoms. The Hall–Kier alpha value is -1.82. The van der Waals surface area contributed by atoms with Crippen LogP contribution in [-0.2, 0) is 4.79 Å². The van der Waals surface area contributed by atoms with Gasteiger partial charge in [0.2, 0.25) is 0 Å². The first kappa shape index (κ1) is 17.5. The highest BCUT2D eigenvalue weighted by atomic mass is 32.1. The van der Waals surface area contributed by atoms with Crippen molar-refractivity contribution in [3.05, 3.63) is 29.1 Å². The maximum atomic E-state index is 11.9. The Kier molecular flexibility index (Phi) is 5.14. The van der Waals surface area contributed by atoms with E-state index < -0.39 is 0 Å². The molecule has 0 aliphatic heterocycles. The van der Waals surface area contributed by atoms with Crippen LogP contribution in [0.3, 0.4) is 0 Å². The van der Waals surface area contributed by atoms with Crippen molar-refractivity contribution in [3.63, 3.8) is 0 Å². The number of hydrogen-bond donors (Lipinski definition) is 3. The van der Waals surface area contributed by atoms with Gasteiger partial charge in [-0.15, -0.1) is 0 Å². The van der Waals surface area contributed by atoms with Gasteiger partial charge in [0.25, 0.3) is 5.91 Å². The summed E-state index contributed by atoms with van der Waals surface area (Å²) in [6.07, 6.45) is 5.87. The lowest BCUT2D eigenvalue weighted by Gasteiger charge is -2.22. The van der Waals surface area contributed by atoms with Gasteiger partial charge in [-0.25, -0.2) is 0 Å². The lowest BCUT2D eigenvalue weighted by atomic mass is 10.1. The molecule has 2 rings (SSSR count). The van der Waals surface area contributed by atoms with Gasteiger partial charge in [0, 0.05) is 29.0 Å². The molecule has 1 aliphatic rings. The summed E-state index contributed by atoms with van der Waals surface area (Å²) in [6, 6.07) is 2.77. The number of nitrogens with one attached hydrogen (secondary N) is 3. The number of aryl methyl sites for hydroxylation is 1. The number of hydrogen-bond acceptors (Lipinski definition) is 2. The van der Waals surface area contributed by atoms with E-state index in [4.69, 9.17) is 12.2 Å². The van der Waals surface area contributed by atoms with E-state index in [1.807, 2.05) is 26.8 Å². The summed E-state index contributed by atoms with van der Waals surface area (Å²) in [6.45, 7) is 10.2. The molecule has 0 aromatic carbocycles. The number of aromatic nitrogens is 1. The van der Waals surface area contributed by atoms with E-state index in [1.54, 1.807) is 0 Å². The van der Waals surface area contributed by atoms with Gasteiger partial charge in [0.15, 0.2) is 5.11 Å². The minimum atomic E-state index is -0.237. The molecule has 0 atom stereocenters. The highest BCUT2D eigenvalue weighted by Gasteiger charge is 2.26. The topological polar surface area (TPSA) is 58.1 Å². The first-order valence-corrected chi connectivity index (χ1v) is 8.33. The van der Waals surface area contributed by atoms with Crippen molar-refractivity contribution in [2.24, 2.45) is 0 Å². The van der Waals surface area contributed by atoms with Crippen LogP contribution in [0, 0.1) is 13.8 Å². The molecule has 1 fully saturated rings. The summed E-state index contributed by atoms with van der Waals surface area (Å²) in [4.78, 5) is 11.9. The van der Waals surface area contributed by atoms with Gasteiger partial charge < -0.3 is 9.88 Å². The van der Waals surface area contributed by atoms with Gasteiger partial charge >= 0.3 is 0 Å². The molecule has 1 aliphatic carbocycles. The van der Waals surface area contributed by atoms with Gasteiger partial charge in [-0.3, -0.25) is 15.6 Å². The van der Waals surface area contributed by atoms with E-state index >= 15 is 0 Å². The second-order valence-electron chi connectivity index (χ2n) is 7.08. The van der Waals surface area contributed by atoms with E-state index in [1.165, 1.54) is 30.3 Å². The van der Waals surface area contributed by atoms with Crippen LogP contribution in [0.5, 0.6) is 0 Å². The van der Waals surface area contributed by atoms with Crippen LogP contribution in [0.25, 0.3) is 6.08 Å². The van der Waals surface area contributed by atoms with Crippen molar-refractivity contribution in [3.8, 4) is 0 Å². The summed E-state index contributed by atoms with van der Waals surface area (Å²) in [5.41, 5.74) is 8.66. The Bertz CT molecular complexity index is 636. The second-order valence-corrected chi connectivity index (χ2v) is 7.49. The average molecular weight is 334 g/mol. The molecule has 1 aromatic heterocycles. The molecule has 1 aromatic rings. The number of hydrazine groups is 1. The summed E-state index contributed by atoms with van der Waals surface area (Å²) in [7, 11) is 0. The summed E-state index contributed by atoms with van der Waals surface area (Å²) in [5, 5.41) is 3.46. The fourth-order valence-corrected chi connectivity index (χ4v) is 2.92. The van der Waals surface area contributed by atoms with Crippen LogP contribution < -0.4 is 16.2 Å². The molecule has 5 nitrogen and oxygen atoms in total. The number of carbonyl (C=O) groups excluding carboxylic acids is 1. The summed E-state index contributed by atoms with van der Waals surface area (Å²) < 4.78 is 2.36. The molecule has 126 valence electrons. The van der Waals surface area contributed by atoms with Crippen molar-refractivity contribution < 1.29 is 4.79 Å². The van der Waals surface area contributed by atoms with E-state index in [2.05, 4.69) is 40.6 Å². The fourth-order valence-electron chi connectivity index (χ4n) is 2.56. The van der Waals surface area contributed by atoms with Gasteiger partial charge in [-0.1, -0.05) is 0 Å².